The Hall–Kier alpha value is -2.67. The van der Waals surface area contributed by atoms with E-state index < -0.39 is 24.5 Å². The van der Waals surface area contributed by atoms with Crippen LogP contribution in [-0.4, -0.2) is 24.5 Å². The molecule has 0 unspecified atom stereocenters. The Kier molecular flexibility index (Phi) is 5.45. The van der Waals surface area contributed by atoms with E-state index in [0.29, 0.717) is 10.6 Å². The second kappa shape index (κ2) is 7.94. The molecule has 1 aliphatic rings. The number of thiophene rings is 1. The molecule has 2 aromatic rings. The number of hydrogen-bond donors (Lipinski definition) is 2. The predicted molar refractivity (Wildman–Crippen MR) is 94.8 cm³/mol. The van der Waals surface area contributed by atoms with E-state index in [-0.39, 0.29) is 0 Å². The van der Waals surface area contributed by atoms with E-state index in [1.54, 1.807) is 24.3 Å². The number of fused-ring (bicyclic) bond motifs is 1. The number of amides is 3. The number of ether oxygens (including phenoxy) is 1. The number of aryl methyl sites for hydroxylation is 2. The number of carbonyl (C=O) groups is 3. The predicted octanol–water partition coefficient (Wildman–Crippen LogP) is 3.13. The Labute approximate surface area is 149 Å². The summed E-state index contributed by atoms with van der Waals surface area (Å²) in [5.41, 5.74) is 1.77. The topological polar surface area (TPSA) is 84.5 Å². The Morgan fingerprint density at radius 1 is 1.08 bits per heavy atom. The minimum atomic E-state index is -0.678. The van der Waals surface area contributed by atoms with Crippen molar-refractivity contribution in [3.05, 3.63) is 51.7 Å². The number of para-hydroxylation sites is 1. The molecule has 0 saturated heterocycles. The molecule has 1 aromatic carbocycles. The highest BCUT2D eigenvalue weighted by Crippen LogP contribution is 2.29. The first-order valence-electron chi connectivity index (χ1n) is 8.06. The zero-order valence-corrected chi connectivity index (χ0v) is 14.4. The molecule has 0 aliphatic heterocycles. The standard InChI is InChI=1S/C18H18N2O4S/c21-16(20-18(23)19-13-7-2-1-3-8-13)11-24-17(22)15-10-12-6-4-5-9-14(12)25-15/h1-3,7-8,10H,4-6,9,11H2,(H2,19,20,21,23). The number of anilines is 1. The van der Waals surface area contributed by atoms with Gasteiger partial charge in [-0.1, -0.05) is 18.2 Å². The molecule has 0 spiro atoms. The second-order valence-corrected chi connectivity index (χ2v) is 6.85. The Morgan fingerprint density at radius 3 is 2.60 bits per heavy atom. The summed E-state index contributed by atoms with van der Waals surface area (Å²) in [6.07, 6.45) is 4.25. The van der Waals surface area contributed by atoms with E-state index in [1.807, 2.05) is 12.1 Å². The maximum Gasteiger partial charge on any atom is 0.348 e. The van der Waals surface area contributed by atoms with E-state index >= 15 is 0 Å². The molecule has 0 fully saturated rings. The van der Waals surface area contributed by atoms with Crippen LogP contribution in [0.4, 0.5) is 10.5 Å². The van der Waals surface area contributed by atoms with Gasteiger partial charge in [0.1, 0.15) is 4.88 Å². The molecule has 0 bridgehead atoms. The largest absolute Gasteiger partial charge is 0.451 e. The van der Waals surface area contributed by atoms with E-state index in [9.17, 15) is 14.4 Å². The molecule has 1 aliphatic carbocycles. The molecule has 7 heteroatoms. The number of rotatable bonds is 4. The van der Waals surface area contributed by atoms with Gasteiger partial charge >= 0.3 is 12.0 Å². The van der Waals surface area contributed by atoms with Gasteiger partial charge in [0.25, 0.3) is 5.91 Å². The Morgan fingerprint density at radius 2 is 1.84 bits per heavy atom. The van der Waals surface area contributed by atoms with Crippen LogP contribution in [0.5, 0.6) is 0 Å². The molecule has 1 heterocycles. The fourth-order valence-corrected chi connectivity index (χ4v) is 3.79. The van der Waals surface area contributed by atoms with Gasteiger partial charge in [0.05, 0.1) is 0 Å². The number of esters is 1. The average Bonchev–Trinajstić information content (AvgIpc) is 3.04. The maximum atomic E-state index is 12.1. The number of nitrogens with one attached hydrogen (secondary N) is 2. The Bertz CT molecular complexity index is 762. The van der Waals surface area contributed by atoms with Crippen LogP contribution < -0.4 is 10.6 Å². The third kappa shape index (κ3) is 4.67. The third-order valence-corrected chi connectivity index (χ3v) is 5.03. The summed E-state index contributed by atoms with van der Waals surface area (Å²) in [4.78, 5) is 37.2. The highest BCUT2D eigenvalue weighted by molar-refractivity contribution is 7.14. The van der Waals surface area contributed by atoms with Crippen LogP contribution in [0.15, 0.2) is 36.4 Å². The quantitative estimate of drug-likeness (QED) is 0.823. The van der Waals surface area contributed by atoms with Gasteiger partial charge in [0, 0.05) is 10.6 Å². The molecular formula is C18H18N2O4S. The number of urea groups is 1. The lowest BCUT2D eigenvalue weighted by molar-refractivity contribution is -0.123. The summed E-state index contributed by atoms with van der Waals surface area (Å²) in [6, 6.07) is 9.92. The van der Waals surface area contributed by atoms with Gasteiger partial charge < -0.3 is 10.1 Å². The Balaban J connectivity index is 1.46. The molecule has 6 nitrogen and oxygen atoms in total. The first-order chi connectivity index (χ1) is 12.1. The van der Waals surface area contributed by atoms with Crippen molar-refractivity contribution in [1.29, 1.82) is 0 Å². The molecule has 0 saturated carbocycles. The van der Waals surface area contributed by atoms with Gasteiger partial charge in [-0.25, -0.2) is 9.59 Å². The molecular weight excluding hydrogens is 340 g/mol. The normalized spacial score (nSPS) is 12.8. The van der Waals surface area contributed by atoms with Crippen molar-refractivity contribution in [2.75, 3.05) is 11.9 Å². The molecule has 3 rings (SSSR count). The fraction of sp³-hybridized carbons (Fsp3) is 0.278. The number of imide groups is 1. The number of carbonyl (C=O) groups excluding carboxylic acids is 3. The highest BCUT2D eigenvalue weighted by Gasteiger charge is 2.19. The lowest BCUT2D eigenvalue weighted by atomic mass is 9.99. The van der Waals surface area contributed by atoms with E-state index in [1.165, 1.54) is 21.8 Å². The summed E-state index contributed by atoms with van der Waals surface area (Å²) in [5, 5.41) is 4.64. The highest BCUT2D eigenvalue weighted by atomic mass is 32.1. The van der Waals surface area contributed by atoms with Crippen molar-refractivity contribution >= 4 is 34.9 Å². The van der Waals surface area contributed by atoms with Crippen molar-refractivity contribution in [2.24, 2.45) is 0 Å². The van der Waals surface area contributed by atoms with Crippen molar-refractivity contribution in [2.45, 2.75) is 25.7 Å². The lowest BCUT2D eigenvalue weighted by Gasteiger charge is -2.08. The third-order valence-electron chi connectivity index (χ3n) is 3.82. The van der Waals surface area contributed by atoms with Crippen molar-refractivity contribution in [3.63, 3.8) is 0 Å². The van der Waals surface area contributed by atoms with Gasteiger partial charge in [-0.3, -0.25) is 10.1 Å². The molecule has 25 heavy (non-hydrogen) atoms. The van der Waals surface area contributed by atoms with E-state index in [2.05, 4.69) is 10.6 Å². The average molecular weight is 358 g/mol. The maximum absolute atomic E-state index is 12.1. The van der Waals surface area contributed by atoms with Crippen LogP contribution in [-0.2, 0) is 22.4 Å². The van der Waals surface area contributed by atoms with Crippen LogP contribution in [0.25, 0.3) is 0 Å². The van der Waals surface area contributed by atoms with Crippen LogP contribution >= 0.6 is 11.3 Å². The van der Waals surface area contributed by atoms with Crippen molar-refractivity contribution < 1.29 is 19.1 Å². The summed E-state index contributed by atoms with van der Waals surface area (Å²) >= 11 is 1.43. The van der Waals surface area contributed by atoms with Crippen LogP contribution in [0.2, 0.25) is 0 Å². The van der Waals surface area contributed by atoms with Crippen molar-refractivity contribution in [3.8, 4) is 0 Å². The SMILES string of the molecule is O=C(COC(=O)c1cc2c(s1)CCCC2)NC(=O)Nc1ccccc1. The van der Waals surface area contributed by atoms with Crippen molar-refractivity contribution in [1.82, 2.24) is 5.32 Å². The summed E-state index contributed by atoms with van der Waals surface area (Å²) < 4.78 is 5.00. The smallest absolute Gasteiger partial charge is 0.348 e. The first kappa shape index (κ1) is 17.2. The van der Waals surface area contributed by atoms with Crippen LogP contribution in [0.1, 0.15) is 33.0 Å². The minimum Gasteiger partial charge on any atom is -0.451 e. The second-order valence-electron chi connectivity index (χ2n) is 5.71. The molecule has 1 aromatic heterocycles. The zero-order chi connectivity index (χ0) is 17.6. The number of hydrogen-bond acceptors (Lipinski definition) is 5. The first-order valence-corrected chi connectivity index (χ1v) is 8.88. The minimum absolute atomic E-state index is 0.496. The summed E-state index contributed by atoms with van der Waals surface area (Å²) in [5.74, 6) is -1.21. The van der Waals surface area contributed by atoms with Gasteiger partial charge in [-0.15, -0.1) is 11.3 Å². The van der Waals surface area contributed by atoms with Crippen LogP contribution in [0, 0.1) is 0 Å². The monoisotopic (exact) mass is 358 g/mol. The molecule has 0 radical (unpaired) electrons. The van der Waals surface area contributed by atoms with Gasteiger partial charge in [-0.2, -0.15) is 0 Å². The lowest BCUT2D eigenvalue weighted by Crippen LogP contribution is -2.37. The fourth-order valence-electron chi connectivity index (χ4n) is 2.64. The van der Waals surface area contributed by atoms with Crippen LogP contribution in [0.3, 0.4) is 0 Å². The summed E-state index contributed by atoms with van der Waals surface area (Å²) in [6.45, 7) is -0.496. The summed E-state index contributed by atoms with van der Waals surface area (Å²) in [7, 11) is 0. The molecule has 0 atom stereocenters. The zero-order valence-electron chi connectivity index (χ0n) is 13.5. The molecule has 2 N–H and O–H groups in total. The van der Waals surface area contributed by atoms with Gasteiger partial charge in [-0.05, 0) is 49.4 Å². The van der Waals surface area contributed by atoms with Gasteiger partial charge in [0.15, 0.2) is 6.61 Å². The number of benzene rings is 1. The van der Waals surface area contributed by atoms with Gasteiger partial charge in [0.2, 0.25) is 0 Å². The molecule has 3 amide bonds. The van der Waals surface area contributed by atoms with E-state index in [0.717, 1.165) is 25.7 Å². The molecule has 130 valence electrons. The van der Waals surface area contributed by atoms with E-state index in [4.69, 9.17) is 4.74 Å².